The highest BCUT2D eigenvalue weighted by atomic mass is 19.1. The average molecular weight is 339 g/mol. The molecular formula is C21H22FNO2. The third-order valence-corrected chi connectivity index (χ3v) is 4.14. The predicted octanol–water partition coefficient (Wildman–Crippen LogP) is 5.42. The molecule has 25 heavy (non-hydrogen) atoms. The summed E-state index contributed by atoms with van der Waals surface area (Å²) in [5.41, 5.74) is 4.40. The monoisotopic (exact) mass is 339 g/mol. The Morgan fingerprint density at radius 3 is 2.40 bits per heavy atom. The van der Waals surface area contributed by atoms with Crippen molar-refractivity contribution in [3.63, 3.8) is 0 Å². The number of hydrogen-bond acceptors (Lipinski definition) is 3. The van der Waals surface area contributed by atoms with Crippen LogP contribution in [0.4, 0.5) is 4.39 Å². The van der Waals surface area contributed by atoms with Crippen molar-refractivity contribution in [2.75, 3.05) is 6.61 Å². The first-order valence-electron chi connectivity index (χ1n) is 8.46. The summed E-state index contributed by atoms with van der Waals surface area (Å²) in [6, 6.07) is 12.7. The molecule has 0 spiro atoms. The number of aromatic nitrogens is 1. The lowest BCUT2D eigenvalue weighted by Gasteiger charge is -2.14. The van der Waals surface area contributed by atoms with Gasteiger partial charge in [-0.2, -0.15) is 0 Å². The second kappa shape index (κ2) is 7.51. The van der Waals surface area contributed by atoms with Gasteiger partial charge in [-0.25, -0.2) is 4.39 Å². The highest BCUT2D eigenvalue weighted by molar-refractivity contribution is 5.67. The molecule has 0 aliphatic carbocycles. The number of hydrogen-bond donors (Lipinski definition) is 0. The molecule has 130 valence electrons. The maximum absolute atomic E-state index is 14.0. The molecule has 0 bridgehead atoms. The van der Waals surface area contributed by atoms with Gasteiger partial charge in [0.25, 0.3) is 0 Å². The van der Waals surface area contributed by atoms with Gasteiger partial charge in [0, 0.05) is 18.1 Å². The lowest BCUT2D eigenvalue weighted by molar-refractivity contribution is 0.296. The zero-order valence-corrected chi connectivity index (χ0v) is 14.8. The lowest BCUT2D eigenvalue weighted by atomic mass is 9.99. The molecule has 3 nitrogen and oxygen atoms in total. The van der Waals surface area contributed by atoms with E-state index in [2.05, 4.69) is 5.16 Å². The van der Waals surface area contributed by atoms with Gasteiger partial charge in [-0.3, -0.25) is 0 Å². The van der Waals surface area contributed by atoms with Crippen molar-refractivity contribution in [2.24, 2.45) is 0 Å². The molecule has 0 atom stereocenters. The Hall–Kier alpha value is -2.62. The number of halogens is 1. The standard InChI is InChI=1S/C21H22FNO2/c1-14-11-17(19-8-4-5-9-20(19)22)12-15(2)21(14)24-10-6-7-18-13-16(3)23-25-18/h4-5,8-9,11-13H,6-7,10H2,1-3H3. The highest BCUT2D eigenvalue weighted by Gasteiger charge is 2.11. The van der Waals surface area contributed by atoms with Crippen molar-refractivity contribution in [2.45, 2.75) is 33.6 Å². The Bertz CT molecular complexity index is 847. The summed E-state index contributed by atoms with van der Waals surface area (Å²) in [6.45, 7) is 6.49. The zero-order chi connectivity index (χ0) is 17.8. The Labute approximate surface area is 147 Å². The second-order valence-corrected chi connectivity index (χ2v) is 6.31. The Balaban J connectivity index is 1.67. The van der Waals surface area contributed by atoms with Gasteiger partial charge in [-0.15, -0.1) is 0 Å². The number of aryl methyl sites for hydroxylation is 4. The van der Waals surface area contributed by atoms with Gasteiger partial charge in [0.15, 0.2) is 0 Å². The smallest absolute Gasteiger partial charge is 0.137 e. The van der Waals surface area contributed by atoms with Crippen LogP contribution in [0.1, 0.15) is 29.0 Å². The molecule has 0 aliphatic rings. The largest absolute Gasteiger partial charge is 0.493 e. The quantitative estimate of drug-likeness (QED) is 0.563. The van der Waals surface area contributed by atoms with E-state index in [9.17, 15) is 4.39 Å². The molecule has 0 saturated carbocycles. The van der Waals surface area contributed by atoms with Crippen LogP contribution in [0.5, 0.6) is 5.75 Å². The molecule has 1 aromatic heterocycles. The molecular weight excluding hydrogens is 317 g/mol. The number of benzene rings is 2. The molecule has 4 heteroatoms. The summed E-state index contributed by atoms with van der Waals surface area (Å²) < 4.78 is 25.2. The van der Waals surface area contributed by atoms with Crippen molar-refractivity contribution in [1.82, 2.24) is 5.16 Å². The molecule has 0 unspecified atom stereocenters. The second-order valence-electron chi connectivity index (χ2n) is 6.31. The molecule has 0 N–H and O–H groups in total. The molecule has 0 amide bonds. The summed E-state index contributed by atoms with van der Waals surface area (Å²) in [5.74, 6) is 1.54. The fourth-order valence-electron chi connectivity index (χ4n) is 2.98. The summed E-state index contributed by atoms with van der Waals surface area (Å²) in [7, 11) is 0. The Morgan fingerprint density at radius 1 is 1.04 bits per heavy atom. The summed E-state index contributed by atoms with van der Waals surface area (Å²) in [5, 5.41) is 3.88. The third-order valence-electron chi connectivity index (χ3n) is 4.14. The van der Waals surface area contributed by atoms with Gasteiger partial charge in [0.2, 0.25) is 0 Å². The highest BCUT2D eigenvalue weighted by Crippen LogP contribution is 2.31. The van der Waals surface area contributed by atoms with Gasteiger partial charge in [0.1, 0.15) is 17.3 Å². The zero-order valence-electron chi connectivity index (χ0n) is 14.8. The topological polar surface area (TPSA) is 35.3 Å². The van der Waals surface area contributed by atoms with E-state index in [-0.39, 0.29) is 5.82 Å². The first kappa shape index (κ1) is 17.2. The van der Waals surface area contributed by atoms with E-state index in [4.69, 9.17) is 9.26 Å². The molecule has 1 heterocycles. The van der Waals surface area contributed by atoms with Gasteiger partial charge < -0.3 is 9.26 Å². The Kier molecular flexibility index (Phi) is 5.17. The number of ether oxygens (including phenoxy) is 1. The third kappa shape index (κ3) is 4.08. The van der Waals surface area contributed by atoms with Gasteiger partial charge in [-0.05, 0) is 62.1 Å². The van der Waals surface area contributed by atoms with Crippen LogP contribution in [0.25, 0.3) is 11.1 Å². The van der Waals surface area contributed by atoms with E-state index in [1.54, 1.807) is 12.1 Å². The Morgan fingerprint density at radius 2 is 1.76 bits per heavy atom. The van der Waals surface area contributed by atoms with E-state index >= 15 is 0 Å². The van der Waals surface area contributed by atoms with E-state index in [1.807, 2.05) is 45.0 Å². The minimum absolute atomic E-state index is 0.211. The minimum atomic E-state index is -0.211. The van der Waals surface area contributed by atoms with Crippen LogP contribution in [0, 0.1) is 26.6 Å². The van der Waals surface area contributed by atoms with E-state index in [1.165, 1.54) is 6.07 Å². The van der Waals surface area contributed by atoms with Crippen molar-refractivity contribution >= 4 is 0 Å². The summed E-state index contributed by atoms with van der Waals surface area (Å²) in [6.07, 6.45) is 1.65. The van der Waals surface area contributed by atoms with Crippen LogP contribution >= 0.6 is 0 Å². The normalized spacial score (nSPS) is 10.9. The maximum atomic E-state index is 14.0. The molecule has 2 aromatic carbocycles. The van der Waals surface area contributed by atoms with Crippen LogP contribution in [-0.4, -0.2) is 11.8 Å². The molecule has 0 aliphatic heterocycles. The number of rotatable bonds is 6. The van der Waals surface area contributed by atoms with Gasteiger partial charge in [-0.1, -0.05) is 23.4 Å². The minimum Gasteiger partial charge on any atom is -0.493 e. The van der Waals surface area contributed by atoms with Crippen LogP contribution in [-0.2, 0) is 6.42 Å². The van der Waals surface area contributed by atoms with E-state index in [0.717, 1.165) is 46.7 Å². The first-order chi connectivity index (χ1) is 12.0. The van der Waals surface area contributed by atoms with Crippen LogP contribution < -0.4 is 4.74 Å². The van der Waals surface area contributed by atoms with Crippen LogP contribution in [0.15, 0.2) is 47.0 Å². The van der Waals surface area contributed by atoms with Crippen molar-refractivity contribution in [3.05, 3.63) is 70.9 Å². The molecule has 0 saturated heterocycles. The van der Waals surface area contributed by atoms with E-state index < -0.39 is 0 Å². The van der Waals surface area contributed by atoms with Crippen LogP contribution in [0.2, 0.25) is 0 Å². The fraction of sp³-hybridized carbons (Fsp3) is 0.286. The molecule has 0 fully saturated rings. The lowest BCUT2D eigenvalue weighted by Crippen LogP contribution is -2.02. The average Bonchev–Trinajstić information content (AvgIpc) is 2.99. The van der Waals surface area contributed by atoms with Gasteiger partial charge >= 0.3 is 0 Å². The summed E-state index contributed by atoms with van der Waals surface area (Å²) in [4.78, 5) is 0. The molecule has 0 radical (unpaired) electrons. The SMILES string of the molecule is Cc1cc(CCCOc2c(C)cc(-c3ccccc3F)cc2C)on1. The van der Waals surface area contributed by atoms with Crippen molar-refractivity contribution < 1.29 is 13.7 Å². The molecule has 3 rings (SSSR count). The van der Waals surface area contributed by atoms with Crippen molar-refractivity contribution in [1.29, 1.82) is 0 Å². The maximum Gasteiger partial charge on any atom is 0.137 e. The first-order valence-corrected chi connectivity index (χ1v) is 8.46. The van der Waals surface area contributed by atoms with E-state index in [0.29, 0.717) is 12.2 Å². The predicted molar refractivity (Wildman–Crippen MR) is 96.4 cm³/mol. The van der Waals surface area contributed by atoms with Gasteiger partial charge in [0.05, 0.1) is 12.3 Å². The van der Waals surface area contributed by atoms with Crippen molar-refractivity contribution in [3.8, 4) is 16.9 Å². The summed E-state index contributed by atoms with van der Waals surface area (Å²) >= 11 is 0. The number of nitrogens with zero attached hydrogens (tertiary/aromatic N) is 1. The fourth-order valence-corrected chi connectivity index (χ4v) is 2.98. The molecule has 3 aromatic rings. The van der Waals surface area contributed by atoms with Crippen LogP contribution in [0.3, 0.4) is 0 Å².